The van der Waals surface area contributed by atoms with E-state index in [4.69, 9.17) is 4.74 Å². The second-order valence-corrected chi connectivity index (χ2v) is 11.3. The van der Waals surface area contributed by atoms with Crippen molar-refractivity contribution in [1.82, 2.24) is 5.32 Å². The maximum atomic E-state index is 13.2. The minimum atomic E-state index is -4.78. The summed E-state index contributed by atoms with van der Waals surface area (Å²) in [5, 5.41) is 12.1. The van der Waals surface area contributed by atoms with Gasteiger partial charge in [0, 0.05) is 5.92 Å². The maximum Gasteiger partial charge on any atom is 0.573 e. The first-order valence-electron chi connectivity index (χ1n) is 11.5. The van der Waals surface area contributed by atoms with E-state index in [1.54, 1.807) is 38.6 Å². The summed E-state index contributed by atoms with van der Waals surface area (Å²) in [5.41, 5.74) is 0.0920. The van der Waals surface area contributed by atoms with Crippen LogP contribution < -0.4 is 10.1 Å². The number of hydrogen-bond donors (Lipinski definition) is 2. The molecule has 3 rings (SSSR count). The van der Waals surface area contributed by atoms with E-state index in [0.717, 1.165) is 4.91 Å². The van der Waals surface area contributed by atoms with Crippen molar-refractivity contribution in [3.8, 4) is 5.75 Å². The quantitative estimate of drug-likeness (QED) is 0.446. The Kier molecular flexibility index (Phi) is 8.17. The molecule has 0 spiro atoms. The van der Waals surface area contributed by atoms with E-state index in [1.807, 2.05) is 6.08 Å². The number of carbonyl (C=O) groups is 2. The Morgan fingerprint density at radius 3 is 2.31 bits per heavy atom. The molecule has 6 nitrogen and oxygen atoms in total. The first-order chi connectivity index (χ1) is 16.7. The number of benzene rings is 1. The van der Waals surface area contributed by atoms with E-state index in [9.17, 15) is 27.9 Å². The lowest BCUT2D eigenvalue weighted by molar-refractivity contribution is -0.274. The molecule has 10 heteroatoms. The molecule has 0 fully saturated rings. The Morgan fingerprint density at radius 1 is 1.14 bits per heavy atom. The molecule has 1 aromatic rings. The summed E-state index contributed by atoms with van der Waals surface area (Å²) >= 11 is 1.59. The number of rotatable bonds is 8. The Labute approximate surface area is 212 Å². The van der Waals surface area contributed by atoms with E-state index in [2.05, 4.69) is 30.0 Å². The number of halogens is 3. The molecule has 0 aromatic heterocycles. The van der Waals surface area contributed by atoms with Gasteiger partial charge in [-0.05, 0) is 40.0 Å². The highest BCUT2D eigenvalue weighted by Gasteiger charge is 2.39. The van der Waals surface area contributed by atoms with Gasteiger partial charge in [-0.3, -0.25) is 4.79 Å². The van der Waals surface area contributed by atoms with Gasteiger partial charge in [0.1, 0.15) is 24.2 Å². The number of thioether (sulfide) groups is 1. The van der Waals surface area contributed by atoms with Crippen molar-refractivity contribution in [1.29, 1.82) is 0 Å². The average Bonchev–Trinajstić information content (AvgIpc) is 3.19. The zero-order chi connectivity index (χ0) is 26.8. The first kappa shape index (κ1) is 27.7. The molecular weight excluding hydrogens is 495 g/mol. The van der Waals surface area contributed by atoms with Crippen molar-refractivity contribution in [3.63, 3.8) is 0 Å². The third kappa shape index (κ3) is 6.87. The molecule has 1 aliphatic carbocycles. The number of fused-ring (bicyclic) bond motifs is 1. The zero-order valence-corrected chi connectivity index (χ0v) is 21.5. The topological polar surface area (TPSA) is 84.9 Å². The van der Waals surface area contributed by atoms with Crippen LogP contribution in [0.25, 0.3) is 0 Å². The van der Waals surface area contributed by atoms with Crippen LogP contribution in [-0.2, 0) is 20.9 Å². The number of amides is 1. The Bertz CT molecular complexity index is 1080. The fourth-order valence-corrected chi connectivity index (χ4v) is 5.28. The lowest BCUT2D eigenvalue weighted by atomic mass is 9.86. The molecule has 0 bridgehead atoms. The summed E-state index contributed by atoms with van der Waals surface area (Å²) in [6.07, 6.45) is 0.905. The van der Waals surface area contributed by atoms with E-state index in [0.29, 0.717) is 11.3 Å². The van der Waals surface area contributed by atoms with E-state index in [1.165, 1.54) is 24.3 Å². The molecule has 3 unspecified atom stereocenters. The van der Waals surface area contributed by atoms with Crippen LogP contribution in [0.5, 0.6) is 5.75 Å². The monoisotopic (exact) mass is 525 g/mol. The van der Waals surface area contributed by atoms with Crippen molar-refractivity contribution in [3.05, 3.63) is 64.3 Å². The summed E-state index contributed by atoms with van der Waals surface area (Å²) in [7, 11) is 0. The average molecular weight is 526 g/mol. The van der Waals surface area contributed by atoms with Gasteiger partial charge < -0.3 is 19.9 Å². The summed E-state index contributed by atoms with van der Waals surface area (Å²) < 4.78 is 47.3. The lowest BCUT2D eigenvalue weighted by Gasteiger charge is -2.30. The van der Waals surface area contributed by atoms with Crippen molar-refractivity contribution < 1.29 is 37.3 Å². The number of aliphatic carboxylic acids is 1. The number of ether oxygens (including phenoxy) is 2. The third-order valence-electron chi connectivity index (χ3n) is 5.73. The normalized spacial score (nSPS) is 20.6. The van der Waals surface area contributed by atoms with Crippen LogP contribution in [0.1, 0.15) is 40.2 Å². The van der Waals surface area contributed by atoms with E-state index < -0.39 is 29.7 Å². The Morgan fingerprint density at radius 2 is 1.78 bits per heavy atom. The first-order valence-corrected chi connectivity index (χ1v) is 12.4. The van der Waals surface area contributed by atoms with Crippen molar-refractivity contribution in [2.75, 3.05) is 0 Å². The summed E-state index contributed by atoms with van der Waals surface area (Å²) in [6.45, 7) is 9.33. The highest BCUT2D eigenvalue weighted by molar-refractivity contribution is 8.04. The predicted molar refractivity (Wildman–Crippen MR) is 131 cm³/mol. The number of alkyl halides is 3. The number of allylic oxidation sites excluding steroid dienone is 3. The van der Waals surface area contributed by atoms with Gasteiger partial charge in [0.25, 0.3) is 5.91 Å². The number of carbonyl (C=O) groups excluding carboxylic acids is 1. The molecule has 1 amide bonds. The molecule has 36 heavy (non-hydrogen) atoms. The summed E-state index contributed by atoms with van der Waals surface area (Å²) in [5.74, 6) is -1.35. The molecule has 3 atom stereocenters. The molecule has 1 aromatic carbocycles. The number of carboxylic acid groups (broad SMARTS) is 1. The molecule has 0 saturated heterocycles. The largest absolute Gasteiger partial charge is 0.573 e. The highest BCUT2D eigenvalue weighted by atomic mass is 32.2. The van der Waals surface area contributed by atoms with Crippen LogP contribution in [0.4, 0.5) is 13.2 Å². The zero-order valence-electron chi connectivity index (χ0n) is 20.7. The number of nitrogens with one attached hydrogen (secondary N) is 1. The van der Waals surface area contributed by atoms with Crippen molar-refractivity contribution in [2.24, 2.45) is 17.3 Å². The predicted octanol–water partition coefficient (Wildman–Crippen LogP) is 5.81. The molecule has 0 saturated carbocycles. The highest BCUT2D eigenvalue weighted by Crippen LogP contribution is 2.47. The van der Waals surface area contributed by atoms with Crippen LogP contribution in [0.2, 0.25) is 0 Å². The van der Waals surface area contributed by atoms with Gasteiger partial charge in [-0.15, -0.1) is 24.9 Å². The standard InChI is InChI=1S/C26H30F3NO5S/c1-14(2)19-12-16-8-11-18(23(31)30-22(24(32)33)25(3,4)5)20(21(16)36-19)34-13-15-6-9-17(10-7-15)35-26(27,28)29/h6-12,14,16,21-22H,13H2,1-5H3,(H,30,31)(H,32,33). The van der Waals surface area contributed by atoms with Crippen LogP contribution in [0, 0.1) is 17.3 Å². The molecule has 2 aliphatic rings. The summed E-state index contributed by atoms with van der Waals surface area (Å²) in [6, 6.07) is 4.18. The third-order valence-corrected chi connectivity index (χ3v) is 7.39. The minimum absolute atomic E-state index is 0.000557. The molecule has 196 valence electrons. The van der Waals surface area contributed by atoms with Gasteiger partial charge >= 0.3 is 12.3 Å². The molecule has 1 aliphatic heterocycles. The van der Waals surface area contributed by atoms with Crippen LogP contribution in [0.15, 0.2) is 58.7 Å². The van der Waals surface area contributed by atoms with Crippen molar-refractivity contribution >= 4 is 23.6 Å². The second kappa shape index (κ2) is 10.6. The van der Waals surface area contributed by atoms with Crippen LogP contribution in [0.3, 0.4) is 0 Å². The number of carboxylic acids is 1. The minimum Gasteiger partial charge on any atom is -0.491 e. The smallest absolute Gasteiger partial charge is 0.491 e. The molecule has 1 heterocycles. The lowest BCUT2D eigenvalue weighted by Crippen LogP contribution is -2.49. The fraction of sp³-hybridized carbons (Fsp3) is 0.462. The number of hydrogen-bond acceptors (Lipinski definition) is 5. The second-order valence-electron chi connectivity index (χ2n) is 10.1. The van der Waals surface area contributed by atoms with Gasteiger partial charge in [0.05, 0.1) is 10.8 Å². The maximum absolute atomic E-state index is 13.2. The molecule has 2 N–H and O–H groups in total. The van der Waals surface area contributed by atoms with E-state index >= 15 is 0 Å². The molecular formula is C26H30F3NO5S. The molecule has 0 radical (unpaired) electrons. The van der Waals surface area contributed by atoms with Crippen molar-refractivity contribution in [2.45, 2.75) is 58.9 Å². The SMILES string of the molecule is CC(C)C1=CC2C=CC(C(=O)NC(C(=O)O)C(C)(C)C)=C(OCc3ccc(OC(F)(F)F)cc3)C2S1. The fourth-order valence-electron chi connectivity index (χ4n) is 3.85. The Balaban J connectivity index is 1.86. The van der Waals surface area contributed by atoms with Gasteiger partial charge in [0.2, 0.25) is 0 Å². The van der Waals surface area contributed by atoms with Gasteiger partial charge in [-0.2, -0.15) is 0 Å². The van der Waals surface area contributed by atoms with Gasteiger partial charge in [-0.25, -0.2) is 4.79 Å². The van der Waals surface area contributed by atoms with E-state index in [-0.39, 0.29) is 35.0 Å². The van der Waals surface area contributed by atoms with Gasteiger partial charge in [0.15, 0.2) is 0 Å². The Hall–Kier alpha value is -2.88. The van der Waals surface area contributed by atoms with Gasteiger partial charge in [-0.1, -0.05) is 58.9 Å². The summed E-state index contributed by atoms with van der Waals surface area (Å²) in [4.78, 5) is 26.2. The van der Waals surface area contributed by atoms with Crippen LogP contribution >= 0.6 is 11.8 Å². The van der Waals surface area contributed by atoms with Crippen LogP contribution in [-0.4, -0.2) is 34.6 Å².